The second-order valence-corrected chi connectivity index (χ2v) is 4.50. The summed E-state index contributed by atoms with van der Waals surface area (Å²) in [7, 11) is -2.28. The summed E-state index contributed by atoms with van der Waals surface area (Å²) < 4.78 is 27.9. The molecule has 2 nitrogen and oxygen atoms in total. The largest absolute Gasteiger partial charge is 0.279 e. The minimum absolute atomic E-state index is 0.234. The summed E-state index contributed by atoms with van der Waals surface area (Å²) in [4.78, 5) is 12.0. The van der Waals surface area contributed by atoms with Gasteiger partial charge in [0.1, 0.15) is 0 Å². The molecule has 0 spiro atoms. The molecule has 2 rings (SSSR count). The van der Waals surface area contributed by atoms with E-state index in [1.165, 1.54) is 24.3 Å². The summed E-state index contributed by atoms with van der Waals surface area (Å²) in [5.41, 5.74) is -1.72. The standard InChI is InChI=1S/C14H12O2S/c15-14(13-9-5-2-6-10-13)17(16)11-12-7-3-1-4-8-12/h1-10H,11H2/i11D2. The van der Waals surface area contributed by atoms with Crippen LogP contribution in [0.3, 0.4) is 0 Å². The quantitative estimate of drug-likeness (QED) is 0.834. The number of hydrogen-bond acceptors (Lipinski definition) is 2. The van der Waals surface area contributed by atoms with Crippen LogP contribution < -0.4 is 0 Å². The van der Waals surface area contributed by atoms with Gasteiger partial charge < -0.3 is 0 Å². The van der Waals surface area contributed by atoms with Gasteiger partial charge in [-0.15, -0.1) is 0 Å². The zero-order chi connectivity index (χ0) is 13.9. The third-order valence-corrected chi connectivity index (χ3v) is 3.16. The highest BCUT2D eigenvalue weighted by atomic mass is 32.2. The van der Waals surface area contributed by atoms with E-state index in [4.69, 9.17) is 2.74 Å². The molecule has 0 saturated heterocycles. The van der Waals surface area contributed by atoms with Gasteiger partial charge in [0, 0.05) is 8.30 Å². The van der Waals surface area contributed by atoms with Gasteiger partial charge in [-0.25, -0.2) is 0 Å². The van der Waals surface area contributed by atoms with E-state index in [2.05, 4.69) is 0 Å². The first kappa shape index (κ1) is 9.31. The molecule has 2 aromatic rings. The molecular weight excluding hydrogens is 232 g/mol. The van der Waals surface area contributed by atoms with Crippen LogP contribution in [-0.2, 0) is 16.5 Å². The SMILES string of the molecule is [2H]C([2H])(c1ccccc1)S(=O)C(=O)c1ccccc1. The van der Waals surface area contributed by atoms with Crippen LogP contribution in [0.25, 0.3) is 0 Å². The summed E-state index contributed by atoms with van der Waals surface area (Å²) >= 11 is 0. The van der Waals surface area contributed by atoms with E-state index in [1.807, 2.05) is 0 Å². The number of carbonyl (C=O) groups is 1. The van der Waals surface area contributed by atoms with Gasteiger partial charge in [-0.05, 0) is 5.56 Å². The van der Waals surface area contributed by atoms with Gasteiger partial charge in [0.15, 0.2) is 0 Å². The minimum Gasteiger partial charge on any atom is -0.279 e. The minimum atomic E-state index is -2.28. The summed E-state index contributed by atoms with van der Waals surface area (Å²) in [5.74, 6) is 0. The molecule has 0 saturated carbocycles. The Hall–Kier alpha value is -1.74. The molecule has 0 aromatic heterocycles. The van der Waals surface area contributed by atoms with Gasteiger partial charge >= 0.3 is 0 Å². The number of rotatable bonds is 3. The molecule has 1 atom stereocenters. The molecule has 0 N–H and O–H groups in total. The first-order valence-corrected chi connectivity index (χ1v) is 6.25. The van der Waals surface area contributed by atoms with Crippen LogP contribution in [0.5, 0.6) is 0 Å². The average Bonchev–Trinajstić information content (AvgIpc) is 2.47. The monoisotopic (exact) mass is 246 g/mol. The Labute approximate surface area is 106 Å². The maximum Gasteiger partial charge on any atom is 0.249 e. The molecule has 0 heterocycles. The van der Waals surface area contributed by atoms with Gasteiger partial charge in [-0.2, -0.15) is 0 Å². The van der Waals surface area contributed by atoms with Crippen LogP contribution in [-0.4, -0.2) is 9.32 Å². The summed E-state index contributed by atoms with van der Waals surface area (Å²) in [5, 5.41) is -0.700. The van der Waals surface area contributed by atoms with Crippen molar-refractivity contribution < 1.29 is 11.7 Å². The second kappa shape index (κ2) is 5.55. The fourth-order valence-electron chi connectivity index (χ4n) is 1.34. The normalized spacial score (nSPS) is 14.6. The third-order valence-electron chi connectivity index (χ3n) is 2.16. The van der Waals surface area contributed by atoms with Crippen LogP contribution in [0.4, 0.5) is 0 Å². The lowest BCUT2D eigenvalue weighted by atomic mass is 10.2. The summed E-state index contributed by atoms with van der Waals surface area (Å²) in [6.07, 6.45) is 0. The van der Waals surface area contributed by atoms with Crippen molar-refractivity contribution in [3.63, 3.8) is 0 Å². The van der Waals surface area contributed by atoms with E-state index in [-0.39, 0.29) is 11.1 Å². The molecule has 0 amide bonds. The van der Waals surface area contributed by atoms with Gasteiger partial charge in [0.05, 0.1) is 16.5 Å². The molecule has 2 aromatic carbocycles. The van der Waals surface area contributed by atoms with E-state index in [1.54, 1.807) is 36.4 Å². The molecule has 3 heteroatoms. The smallest absolute Gasteiger partial charge is 0.249 e. The van der Waals surface area contributed by atoms with Crippen molar-refractivity contribution in [2.45, 2.75) is 5.70 Å². The highest BCUT2D eigenvalue weighted by Gasteiger charge is 2.14. The maximum absolute atomic E-state index is 12.2. The molecule has 0 aliphatic rings. The molecular formula is C14H12O2S. The van der Waals surface area contributed by atoms with E-state index in [0.29, 0.717) is 0 Å². The predicted molar refractivity (Wildman–Crippen MR) is 69.1 cm³/mol. The molecule has 0 fully saturated rings. The first-order valence-electron chi connectivity index (χ1n) is 6.10. The Bertz CT molecular complexity index is 597. The van der Waals surface area contributed by atoms with Crippen molar-refractivity contribution in [3.8, 4) is 0 Å². The summed E-state index contributed by atoms with van der Waals surface area (Å²) in [6, 6.07) is 16.2. The maximum atomic E-state index is 12.2. The Morgan fingerprint density at radius 1 is 1.00 bits per heavy atom. The van der Waals surface area contributed by atoms with Crippen LogP contribution >= 0.6 is 0 Å². The second-order valence-electron chi connectivity index (χ2n) is 3.39. The highest BCUT2D eigenvalue weighted by Crippen LogP contribution is 2.08. The Morgan fingerprint density at radius 3 is 2.12 bits per heavy atom. The van der Waals surface area contributed by atoms with Crippen molar-refractivity contribution in [3.05, 3.63) is 71.8 Å². The molecule has 0 aliphatic carbocycles. The number of carbonyl (C=O) groups excluding carboxylic acids is 1. The van der Waals surface area contributed by atoms with Crippen molar-refractivity contribution in [1.82, 2.24) is 0 Å². The topological polar surface area (TPSA) is 34.1 Å². The number of hydrogen-bond donors (Lipinski definition) is 0. The van der Waals surface area contributed by atoms with E-state index < -0.39 is 21.6 Å². The molecule has 1 unspecified atom stereocenters. The molecule has 86 valence electrons. The lowest BCUT2D eigenvalue weighted by Gasteiger charge is -2.01. The summed E-state index contributed by atoms with van der Waals surface area (Å²) in [6.45, 7) is 0. The van der Waals surface area contributed by atoms with Gasteiger partial charge in [0.2, 0.25) is 5.12 Å². The van der Waals surface area contributed by atoms with E-state index >= 15 is 0 Å². The van der Waals surface area contributed by atoms with Crippen molar-refractivity contribution in [2.24, 2.45) is 0 Å². The zero-order valence-corrected chi connectivity index (χ0v) is 9.81. The lowest BCUT2D eigenvalue weighted by Crippen LogP contribution is -2.09. The fraction of sp³-hybridized carbons (Fsp3) is 0.0714. The Morgan fingerprint density at radius 2 is 1.53 bits per heavy atom. The first-order chi connectivity index (χ1) is 9.03. The number of benzene rings is 2. The average molecular weight is 246 g/mol. The lowest BCUT2D eigenvalue weighted by molar-refractivity contribution is 0.108. The van der Waals surface area contributed by atoms with Gasteiger partial charge in [0.25, 0.3) is 0 Å². The highest BCUT2D eigenvalue weighted by molar-refractivity contribution is 8.00. The Balaban J connectivity index is 2.32. The van der Waals surface area contributed by atoms with Crippen LogP contribution in [0.15, 0.2) is 60.7 Å². The zero-order valence-electron chi connectivity index (χ0n) is 11.0. The molecule has 0 aliphatic heterocycles. The van der Waals surface area contributed by atoms with E-state index in [0.717, 1.165) is 0 Å². The molecule has 0 bridgehead atoms. The predicted octanol–water partition coefficient (Wildman–Crippen LogP) is 2.78. The molecule has 17 heavy (non-hydrogen) atoms. The van der Waals surface area contributed by atoms with Crippen LogP contribution in [0, 0.1) is 0 Å². The van der Waals surface area contributed by atoms with Crippen molar-refractivity contribution in [1.29, 1.82) is 0 Å². The van der Waals surface area contributed by atoms with Crippen molar-refractivity contribution >= 4 is 15.9 Å². The van der Waals surface area contributed by atoms with Crippen molar-refractivity contribution in [2.75, 3.05) is 0 Å². The van der Waals surface area contributed by atoms with E-state index in [9.17, 15) is 9.00 Å². The van der Waals surface area contributed by atoms with Crippen LogP contribution in [0.1, 0.15) is 18.7 Å². The molecule has 0 radical (unpaired) electrons. The third kappa shape index (κ3) is 3.11. The van der Waals surface area contributed by atoms with Crippen LogP contribution in [0.2, 0.25) is 0 Å². The van der Waals surface area contributed by atoms with Gasteiger partial charge in [-0.1, -0.05) is 60.7 Å². The fourth-order valence-corrected chi connectivity index (χ4v) is 2.13. The van der Waals surface area contributed by atoms with Gasteiger partial charge in [-0.3, -0.25) is 9.00 Å². The Kier molecular flexibility index (Phi) is 3.04.